The van der Waals surface area contributed by atoms with Crippen molar-refractivity contribution in [2.45, 2.75) is 38.2 Å². The summed E-state index contributed by atoms with van der Waals surface area (Å²) in [4.78, 5) is 3.97. The van der Waals surface area contributed by atoms with Crippen LogP contribution in [0.1, 0.15) is 25.3 Å². The number of benzene rings is 1. The summed E-state index contributed by atoms with van der Waals surface area (Å²) < 4.78 is 14.0. The van der Waals surface area contributed by atoms with Gasteiger partial charge >= 0.3 is 29.6 Å². The van der Waals surface area contributed by atoms with Crippen molar-refractivity contribution in [2.24, 2.45) is 0 Å². The summed E-state index contributed by atoms with van der Waals surface area (Å²) in [6.45, 7) is 3.03. The Bertz CT molecular complexity index is 642. The van der Waals surface area contributed by atoms with Crippen LogP contribution in [-0.2, 0) is 21.8 Å². The fourth-order valence-corrected chi connectivity index (χ4v) is 3.22. The molecule has 1 saturated heterocycles. The Morgan fingerprint density at radius 2 is 2.22 bits per heavy atom. The van der Waals surface area contributed by atoms with Gasteiger partial charge in [0.25, 0.3) is 0 Å². The fourth-order valence-electron chi connectivity index (χ4n) is 2.66. The van der Waals surface area contributed by atoms with Crippen molar-refractivity contribution in [3.63, 3.8) is 0 Å². The first-order valence-electron chi connectivity index (χ1n) is 7.22. The van der Waals surface area contributed by atoms with Gasteiger partial charge in [0.15, 0.2) is 0 Å². The first-order valence-corrected chi connectivity index (χ1v) is 7.98. The van der Waals surface area contributed by atoms with Gasteiger partial charge in [0.1, 0.15) is 19.2 Å². The van der Waals surface area contributed by atoms with Gasteiger partial charge in [-0.3, -0.25) is 0 Å². The predicted octanol–water partition coefficient (Wildman–Crippen LogP) is 3.00. The van der Waals surface area contributed by atoms with Crippen LogP contribution in [0.2, 0.25) is 10.0 Å². The van der Waals surface area contributed by atoms with Crippen LogP contribution in [0.4, 0.5) is 0 Å². The second-order valence-corrected chi connectivity index (χ2v) is 6.15. The molecular formula is C15H18Cl2N3NaO2. The van der Waals surface area contributed by atoms with Crippen molar-refractivity contribution in [3.8, 4) is 0 Å². The average molecular weight is 366 g/mol. The molecule has 0 amide bonds. The quantitative estimate of drug-likeness (QED) is 0.764. The van der Waals surface area contributed by atoms with Crippen molar-refractivity contribution in [1.29, 1.82) is 0 Å². The summed E-state index contributed by atoms with van der Waals surface area (Å²) in [5.41, 5.74) is 0.757. The summed E-state index contributed by atoms with van der Waals surface area (Å²) in [5, 5.41) is 5.24. The fraction of sp³-hybridized carbons (Fsp3) is 0.467. The zero-order valence-electron chi connectivity index (χ0n) is 12.2. The van der Waals surface area contributed by atoms with E-state index < -0.39 is 5.79 Å². The Morgan fingerprint density at radius 1 is 1.39 bits per heavy atom. The second kappa shape index (κ2) is 8.30. The van der Waals surface area contributed by atoms with Crippen LogP contribution in [-0.4, -0.2) is 57.0 Å². The molecule has 120 valence electrons. The number of ether oxygens (including phenoxy) is 2. The molecule has 1 aromatic heterocycles. The van der Waals surface area contributed by atoms with Gasteiger partial charge in [-0.15, -0.1) is 0 Å². The molecule has 2 unspecified atom stereocenters. The minimum atomic E-state index is -0.963. The first-order chi connectivity index (χ1) is 10.6. The van der Waals surface area contributed by atoms with Gasteiger partial charge in [-0.1, -0.05) is 42.6 Å². The topological polar surface area (TPSA) is 49.2 Å². The van der Waals surface area contributed by atoms with Crippen LogP contribution in [0.3, 0.4) is 0 Å². The molecule has 0 radical (unpaired) electrons. The third-order valence-corrected chi connectivity index (χ3v) is 4.20. The first kappa shape index (κ1) is 19.2. The van der Waals surface area contributed by atoms with Gasteiger partial charge in [0.2, 0.25) is 5.79 Å². The van der Waals surface area contributed by atoms with Crippen LogP contribution in [0.25, 0.3) is 0 Å². The molecule has 0 N–H and O–H groups in total. The molecule has 1 fully saturated rings. The predicted molar refractivity (Wildman–Crippen MR) is 91.0 cm³/mol. The zero-order valence-corrected chi connectivity index (χ0v) is 13.7. The van der Waals surface area contributed by atoms with Gasteiger partial charge in [-0.05, 0) is 18.6 Å². The van der Waals surface area contributed by atoms with E-state index in [9.17, 15) is 0 Å². The normalized spacial score (nSPS) is 23.7. The van der Waals surface area contributed by atoms with Gasteiger partial charge in [0.05, 0.1) is 17.7 Å². The number of hydrogen-bond acceptors (Lipinski definition) is 4. The van der Waals surface area contributed by atoms with Crippen LogP contribution in [0.15, 0.2) is 30.9 Å². The molecule has 0 aliphatic carbocycles. The van der Waals surface area contributed by atoms with Crippen molar-refractivity contribution in [2.75, 3.05) is 6.61 Å². The number of hydrogen-bond donors (Lipinski definition) is 0. The van der Waals surface area contributed by atoms with Crippen LogP contribution < -0.4 is 0 Å². The summed E-state index contributed by atoms with van der Waals surface area (Å²) in [7, 11) is 0. The molecule has 2 heterocycles. The van der Waals surface area contributed by atoms with Gasteiger partial charge in [-0.2, -0.15) is 5.10 Å². The molecule has 5 nitrogen and oxygen atoms in total. The van der Waals surface area contributed by atoms with Crippen LogP contribution >= 0.6 is 23.2 Å². The van der Waals surface area contributed by atoms with Crippen molar-refractivity contribution >= 4 is 52.8 Å². The maximum absolute atomic E-state index is 6.37. The Kier molecular flexibility index (Phi) is 6.92. The maximum atomic E-state index is 6.37. The minimum absolute atomic E-state index is 0. The van der Waals surface area contributed by atoms with Gasteiger partial charge in [-0.25, -0.2) is 9.67 Å². The summed E-state index contributed by atoms with van der Waals surface area (Å²) >= 11 is 12.4. The third kappa shape index (κ3) is 4.28. The van der Waals surface area contributed by atoms with E-state index in [0.717, 1.165) is 18.4 Å². The van der Waals surface area contributed by atoms with E-state index in [-0.39, 0.29) is 35.7 Å². The number of rotatable bonds is 5. The van der Waals surface area contributed by atoms with Crippen LogP contribution in [0, 0.1) is 0 Å². The van der Waals surface area contributed by atoms with Crippen LogP contribution in [0.5, 0.6) is 0 Å². The molecule has 8 heteroatoms. The standard InChI is InChI=1S/C15H17Cl2N3O2.Na.H/c1-2-3-12-7-21-15(22-12,8-20-10-18-9-19-20)13-5-4-11(16)6-14(13)17;;/h4-6,9-10,12H,2-3,7-8H2,1H3;;. The van der Waals surface area contributed by atoms with E-state index >= 15 is 0 Å². The molecule has 0 bridgehead atoms. The SMILES string of the molecule is CCCC1COC(Cn2cncn2)(c2ccc(Cl)cc2Cl)O1.[NaH]. The Labute approximate surface area is 167 Å². The molecule has 2 atom stereocenters. The molecule has 1 aromatic carbocycles. The van der Waals surface area contributed by atoms with E-state index in [2.05, 4.69) is 17.0 Å². The summed E-state index contributed by atoms with van der Waals surface area (Å²) in [5.74, 6) is -0.963. The van der Waals surface area contributed by atoms with Crippen molar-refractivity contribution in [1.82, 2.24) is 14.8 Å². The van der Waals surface area contributed by atoms with E-state index in [4.69, 9.17) is 32.7 Å². The summed E-state index contributed by atoms with van der Waals surface area (Å²) in [6, 6.07) is 5.32. The van der Waals surface area contributed by atoms with Gasteiger partial charge < -0.3 is 9.47 Å². The third-order valence-electron chi connectivity index (χ3n) is 3.65. The Morgan fingerprint density at radius 3 is 2.87 bits per heavy atom. The summed E-state index contributed by atoms with van der Waals surface area (Å²) in [6.07, 6.45) is 5.12. The molecule has 3 rings (SSSR count). The molecule has 23 heavy (non-hydrogen) atoms. The Balaban J connectivity index is 0.00000192. The van der Waals surface area contributed by atoms with E-state index in [0.29, 0.717) is 23.2 Å². The molecule has 1 aliphatic rings. The molecular weight excluding hydrogens is 348 g/mol. The number of aromatic nitrogens is 3. The number of nitrogens with zero attached hydrogens (tertiary/aromatic N) is 3. The zero-order chi connectivity index (χ0) is 15.6. The number of halogens is 2. The monoisotopic (exact) mass is 365 g/mol. The molecule has 0 saturated carbocycles. The van der Waals surface area contributed by atoms with Crippen molar-refractivity contribution < 1.29 is 9.47 Å². The molecule has 1 aliphatic heterocycles. The second-order valence-electron chi connectivity index (χ2n) is 5.31. The van der Waals surface area contributed by atoms with Crippen molar-refractivity contribution in [3.05, 3.63) is 46.5 Å². The molecule has 2 aromatic rings. The van der Waals surface area contributed by atoms with Gasteiger partial charge in [0, 0.05) is 10.6 Å². The molecule has 0 spiro atoms. The Hall–Kier alpha value is -0.140. The van der Waals surface area contributed by atoms with E-state index in [1.807, 2.05) is 6.07 Å². The average Bonchev–Trinajstić information content (AvgIpc) is 3.10. The van der Waals surface area contributed by atoms with E-state index in [1.165, 1.54) is 6.33 Å². The van der Waals surface area contributed by atoms with E-state index in [1.54, 1.807) is 23.1 Å².